The Hall–Kier alpha value is -2.66. The van der Waals surface area contributed by atoms with E-state index in [1.165, 1.54) is 0 Å². The monoisotopic (exact) mass is 308 g/mol. The van der Waals surface area contributed by atoms with E-state index in [1.807, 2.05) is 49.4 Å². The largest absolute Gasteiger partial charge is 0.383 e. The first-order chi connectivity index (χ1) is 11.3. The number of hydrogen-bond donors (Lipinski definition) is 2. The molecule has 1 aromatic heterocycles. The van der Waals surface area contributed by atoms with Crippen LogP contribution in [0.3, 0.4) is 0 Å². The van der Waals surface area contributed by atoms with Gasteiger partial charge in [-0.25, -0.2) is 4.98 Å². The fourth-order valence-electron chi connectivity index (χ4n) is 2.51. The molecule has 0 amide bonds. The van der Waals surface area contributed by atoms with Crippen LogP contribution in [-0.2, 0) is 4.74 Å². The van der Waals surface area contributed by atoms with Crippen LogP contribution in [-0.4, -0.2) is 23.1 Å². The quantitative estimate of drug-likeness (QED) is 0.730. The summed E-state index contributed by atoms with van der Waals surface area (Å²) in [5.74, 6) is 0.993. The summed E-state index contributed by atoms with van der Waals surface area (Å²) in [5, 5.41) is 4.10. The number of nitrogens with one attached hydrogen (secondary N) is 1. The van der Waals surface area contributed by atoms with E-state index in [-0.39, 0.29) is 6.10 Å². The molecule has 5 heteroatoms. The molecule has 1 atom stereocenters. The molecule has 0 aliphatic rings. The lowest BCUT2D eigenvalue weighted by atomic mass is 10.1. The van der Waals surface area contributed by atoms with Gasteiger partial charge in [0.05, 0.1) is 11.6 Å². The van der Waals surface area contributed by atoms with Gasteiger partial charge in [-0.3, -0.25) is 0 Å². The molecule has 3 rings (SSSR count). The standard InChI is InChI=1S/C18H20N4O/c1-2-23-16(13-8-4-3-5-9-13)12-20-18-21-15-11-7-6-10-14(15)17(19)22-18/h3-11,16H,2,12H2,1H3,(H3,19,20,21,22). The molecule has 0 aliphatic carbocycles. The van der Waals surface area contributed by atoms with Crippen molar-refractivity contribution in [3.8, 4) is 0 Å². The number of nitrogen functional groups attached to an aromatic ring is 1. The van der Waals surface area contributed by atoms with Gasteiger partial charge in [0.2, 0.25) is 5.95 Å². The van der Waals surface area contributed by atoms with Crippen LogP contribution in [0.25, 0.3) is 10.9 Å². The van der Waals surface area contributed by atoms with Gasteiger partial charge in [0, 0.05) is 18.5 Å². The van der Waals surface area contributed by atoms with Crippen molar-refractivity contribution in [3.05, 3.63) is 60.2 Å². The highest BCUT2D eigenvalue weighted by Crippen LogP contribution is 2.21. The summed E-state index contributed by atoms with van der Waals surface area (Å²) < 4.78 is 5.82. The van der Waals surface area contributed by atoms with Gasteiger partial charge in [0.1, 0.15) is 5.82 Å². The van der Waals surface area contributed by atoms with E-state index in [0.717, 1.165) is 16.5 Å². The van der Waals surface area contributed by atoms with Crippen molar-refractivity contribution in [2.24, 2.45) is 0 Å². The van der Waals surface area contributed by atoms with Gasteiger partial charge < -0.3 is 15.8 Å². The van der Waals surface area contributed by atoms with Crippen molar-refractivity contribution in [3.63, 3.8) is 0 Å². The summed E-state index contributed by atoms with van der Waals surface area (Å²) >= 11 is 0. The van der Waals surface area contributed by atoms with Gasteiger partial charge in [0.25, 0.3) is 0 Å². The third-order valence-electron chi connectivity index (χ3n) is 3.62. The number of nitrogens with two attached hydrogens (primary N) is 1. The van der Waals surface area contributed by atoms with Crippen molar-refractivity contribution < 1.29 is 4.74 Å². The number of para-hydroxylation sites is 1. The molecule has 0 spiro atoms. The van der Waals surface area contributed by atoms with E-state index in [1.54, 1.807) is 0 Å². The first kappa shape index (κ1) is 15.2. The number of benzene rings is 2. The zero-order valence-corrected chi connectivity index (χ0v) is 13.1. The predicted molar refractivity (Wildman–Crippen MR) is 93.2 cm³/mol. The Balaban J connectivity index is 1.78. The summed E-state index contributed by atoms with van der Waals surface area (Å²) in [4.78, 5) is 8.83. The lowest BCUT2D eigenvalue weighted by Gasteiger charge is -2.18. The Labute approximate surface area is 135 Å². The van der Waals surface area contributed by atoms with E-state index in [2.05, 4.69) is 27.4 Å². The lowest BCUT2D eigenvalue weighted by molar-refractivity contribution is 0.0718. The normalized spacial score (nSPS) is 12.2. The average Bonchev–Trinajstić information content (AvgIpc) is 2.59. The van der Waals surface area contributed by atoms with Crippen LogP contribution in [0, 0.1) is 0 Å². The van der Waals surface area contributed by atoms with E-state index >= 15 is 0 Å². The van der Waals surface area contributed by atoms with Gasteiger partial charge in [-0.1, -0.05) is 42.5 Å². The summed E-state index contributed by atoms with van der Waals surface area (Å²) in [6, 6.07) is 17.8. The molecule has 2 aromatic carbocycles. The second kappa shape index (κ2) is 7.07. The molecule has 0 saturated carbocycles. The van der Waals surface area contributed by atoms with Crippen molar-refractivity contribution in [2.75, 3.05) is 24.2 Å². The van der Waals surface area contributed by atoms with Crippen LogP contribution in [0.2, 0.25) is 0 Å². The molecule has 0 fully saturated rings. The maximum absolute atomic E-state index is 6.01. The van der Waals surface area contributed by atoms with Crippen molar-refractivity contribution in [2.45, 2.75) is 13.0 Å². The SMILES string of the molecule is CCOC(CNc1nc(N)c2ccccc2n1)c1ccccc1. The second-order valence-electron chi connectivity index (χ2n) is 5.19. The highest BCUT2D eigenvalue weighted by Gasteiger charge is 2.12. The van der Waals surface area contributed by atoms with Gasteiger partial charge >= 0.3 is 0 Å². The summed E-state index contributed by atoms with van der Waals surface area (Å²) in [7, 11) is 0. The van der Waals surface area contributed by atoms with Crippen LogP contribution in [0.5, 0.6) is 0 Å². The van der Waals surface area contributed by atoms with Gasteiger partial charge in [-0.15, -0.1) is 0 Å². The van der Waals surface area contributed by atoms with Crippen molar-refractivity contribution in [1.29, 1.82) is 0 Å². The second-order valence-corrected chi connectivity index (χ2v) is 5.19. The topological polar surface area (TPSA) is 73.1 Å². The van der Waals surface area contributed by atoms with Crippen LogP contribution in [0.1, 0.15) is 18.6 Å². The third kappa shape index (κ3) is 3.57. The molecule has 0 saturated heterocycles. The molecule has 1 heterocycles. The van der Waals surface area contributed by atoms with E-state index in [0.29, 0.717) is 24.9 Å². The molecule has 0 radical (unpaired) electrons. The first-order valence-corrected chi connectivity index (χ1v) is 7.70. The van der Waals surface area contributed by atoms with Crippen molar-refractivity contribution in [1.82, 2.24) is 9.97 Å². The Morgan fingerprint density at radius 2 is 1.78 bits per heavy atom. The van der Waals surface area contributed by atoms with E-state index in [9.17, 15) is 0 Å². The fourth-order valence-corrected chi connectivity index (χ4v) is 2.51. The minimum atomic E-state index is -0.0579. The molecule has 1 unspecified atom stereocenters. The number of ether oxygens (including phenoxy) is 1. The van der Waals surface area contributed by atoms with Crippen LogP contribution >= 0.6 is 0 Å². The predicted octanol–water partition coefficient (Wildman–Crippen LogP) is 3.40. The van der Waals surface area contributed by atoms with E-state index in [4.69, 9.17) is 10.5 Å². The highest BCUT2D eigenvalue weighted by molar-refractivity contribution is 5.88. The zero-order valence-electron chi connectivity index (χ0n) is 13.1. The van der Waals surface area contributed by atoms with Gasteiger partial charge in [-0.2, -0.15) is 4.98 Å². The number of fused-ring (bicyclic) bond motifs is 1. The minimum absolute atomic E-state index is 0.0579. The smallest absolute Gasteiger partial charge is 0.225 e. The Bertz CT molecular complexity index is 776. The summed E-state index contributed by atoms with van der Waals surface area (Å²) in [6.45, 7) is 3.21. The average molecular weight is 308 g/mol. The Kier molecular flexibility index (Phi) is 4.68. The van der Waals surface area contributed by atoms with E-state index < -0.39 is 0 Å². The highest BCUT2D eigenvalue weighted by atomic mass is 16.5. The summed E-state index contributed by atoms with van der Waals surface area (Å²) in [5.41, 5.74) is 7.96. The number of anilines is 2. The molecular weight excluding hydrogens is 288 g/mol. The molecule has 118 valence electrons. The van der Waals surface area contributed by atoms with Gasteiger partial charge in [0.15, 0.2) is 0 Å². The molecule has 5 nitrogen and oxygen atoms in total. The molecule has 0 bridgehead atoms. The molecule has 3 aromatic rings. The lowest BCUT2D eigenvalue weighted by Crippen LogP contribution is -2.17. The van der Waals surface area contributed by atoms with Crippen molar-refractivity contribution >= 4 is 22.7 Å². The first-order valence-electron chi connectivity index (χ1n) is 7.70. The molecule has 3 N–H and O–H groups in total. The summed E-state index contributed by atoms with van der Waals surface area (Å²) in [6.07, 6.45) is -0.0579. The number of nitrogens with zero attached hydrogens (tertiary/aromatic N) is 2. The third-order valence-corrected chi connectivity index (χ3v) is 3.62. The van der Waals surface area contributed by atoms with Crippen LogP contribution in [0.4, 0.5) is 11.8 Å². The van der Waals surface area contributed by atoms with Crippen LogP contribution < -0.4 is 11.1 Å². The maximum atomic E-state index is 6.01. The van der Waals surface area contributed by atoms with Crippen LogP contribution in [0.15, 0.2) is 54.6 Å². The molecule has 23 heavy (non-hydrogen) atoms. The zero-order chi connectivity index (χ0) is 16.1. The minimum Gasteiger partial charge on any atom is -0.383 e. The molecular formula is C18H20N4O. The Morgan fingerprint density at radius 1 is 1.04 bits per heavy atom. The van der Waals surface area contributed by atoms with Gasteiger partial charge in [-0.05, 0) is 24.6 Å². The number of rotatable bonds is 6. The Morgan fingerprint density at radius 3 is 2.57 bits per heavy atom. The molecule has 0 aliphatic heterocycles. The maximum Gasteiger partial charge on any atom is 0.225 e. The number of aromatic nitrogens is 2. The number of hydrogen-bond acceptors (Lipinski definition) is 5. The fraction of sp³-hybridized carbons (Fsp3) is 0.222.